The van der Waals surface area contributed by atoms with Gasteiger partial charge in [-0.25, -0.2) is 5.43 Å². The zero-order valence-electron chi connectivity index (χ0n) is 14.9. The Bertz CT molecular complexity index is 1080. The van der Waals surface area contributed by atoms with Gasteiger partial charge >= 0.3 is 0 Å². The Morgan fingerprint density at radius 1 is 0.929 bits per heavy atom. The first kappa shape index (κ1) is 17.5. The van der Waals surface area contributed by atoms with E-state index in [1.165, 1.54) is 12.1 Å². The molecule has 6 nitrogen and oxygen atoms in total. The Morgan fingerprint density at radius 2 is 1.61 bits per heavy atom. The molecule has 0 aromatic heterocycles. The molecule has 28 heavy (non-hydrogen) atoms. The van der Waals surface area contributed by atoms with Gasteiger partial charge in [-0.05, 0) is 23.8 Å². The van der Waals surface area contributed by atoms with E-state index in [1.807, 2.05) is 48.5 Å². The fourth-order valence-corrected chi connectivity index (χ4v) is 3.13. The highest BCUT2D eigenvalue weighted by atomic mass is 16.3. The first-order chi connectivity index (χ1) is 13.6. The lowest BCUT2D eigenvalue weighted by molar-refractivity contribution is -0.112. The minimum absolute atomic E-state index is 0.0896. The summed E-state index contributed by atoms with van der Waals surface area (Å²) in [6.45, 7) is 0.406. The molecule has 0 atom stereocenters. The van der Waals surface area contributed by atoms with Crippen molar-refractivity contribution in [3.05, 3.63) is 95.6 Å². The number of phenols is 1. The van der Waals surface area contributed by atoms with E-state index < -0.39 is 5.91 Å². The van der Waals surface area contributed by atoms with E-state index in [0.29, 0.717) is 12.1 Å². The SMILES string of the molecule is O=C(N/N=C1/C(=O)N(Cc2ccccc2)c2ccccc21)c1ccccc1O. The van der Waals surface area contributed by atoms with Gasteiger partial charge in [-0.3, -0.25) is 9.59 Å². The largest absolute Gasteiger partial charge is 0.507 e. The van der Waals surface area contributed by atoms with Gasteiger partial charge < -0.3 is 10.0 Å². The monoisotopic (exact) mass is 371 g/mol. The van der Waals surface area contributed by atoms with Crippen LogP contribution in [0, 0.1) is 0 Å². The van der Waals surface area contributed by atoms with Gasteiger partial charge in [-0.1, -0.05) is 60.7 Å². The Hall–Kier alpha value is -3.93. The van der Waals surface area contributed by atoms with Crippen molar-refractivity contribution < 1.29 is 14.7 Å². The maximum atomic E-state index is 13.0. The number of carbonyl (C=O) groups excluding carboxylic acids is 2. The fourth-order valence-electron chi connectivity index (χ4n) is 3.13. The summed E-state index contributed by atoms with van der Waals surface area (Å²) in [5.41, 5.74) is 5.02. The molecule has 2 amide bonds. The van der Waals surface area contributed by atoms with E-state index in [1.54, 1.807) is 23.1 Å². The lowest BCUT2D eigenvalue weighted by Crippen LogP contribution is -2.31. The molecular weight excluding hydrogens is 354 g/mol. The third kappa shape index (κ3) is 3.23. The summed E-state index contributed by atoms with van der Waals surface area (Å²) in [6.07, 6.45) is 0. The molecule has 138 valence electrons. The summed E-state index contributed by atoms with van der Waals surface area (Å²) in [7, 11) is 0. The number of amides is 2. The van der Waals surface area contributed by atoms with Gasteiger partial charge in [-0.2, -0.15) is 5.10 Å². The molecular formula is C22H17N3O3. The molecule has 3 aromatic carbocycles. The lowest BCUT2D eigenvalue weighted by atomic mass is 10.1. The number of hydrogen-bond donors (Lipinski definition) is 2. The number of fused-ring (bicyclic) bond motifs is 1. The van der Waals surface area contributed by atoms with E-state index in [-0.39, 0.29) is 22.9 Å². The van der Waals surface area contributed by atoms with Crippen LogP contribution in [0.1, 0.15) is 21.5 Å². The second-order valence-corrected chi connectivity index (χ2v) is 6.31. The van der Waals surface area contributed by atoms with Gasteiger partial charge in [-0.15, -0.1) is 0 Å². The Kier molecular flexibility index (Phi) is 4.60. The van der Waals surface area contributed by atoms with Crippen LogP contribution in [0.25, 0.3) is 0 Å². The van der Waals surface area contributed by atoms with Crippen LogP contribution in [0.3, 0.4) is 0 Å². The van der Waals surface area contributed by atoms with Crippen LogP contribution in [0.5, 0.6) is 5.75 Å². The number of carbonyl (C=O) groups is 2. The molecule has 0 spiro atoms. The molecule has 0 saturated heterocycles. The van der Waals surface area contributed by atoms with Crippen molar-refractivity contribution in [1.82, 2.24) is 5.43 Å². The molecule has 0 aliphatic carbocycles. The zero-order valence-corrected chi connectivity index (χ0v) is 14.9. The first-order valence-corrected chi connectivity index (χ1v) is 8.76. The molecule has 0 bridgehead atoms. The van der Waals surface area contributed by atoms with Gasteiger partial charge in [0, 0.05) is 5.56 Å². The van der Waals surface area contributed by atoms with Crippen molar-refractivity contribution in [2.45, 2.75) is 6.54 Å². The van der Waals surface area contributed by atoms with Crippen LogP contribution < -0.4 is 10.3 Å². The predicted molar refractivity (Wildman–Crippen MR) is 106 cm³/mol. The van der Waals surface area contributed by atoms with Crippen LogP contribution >= 0.6 is 0 Å². The third-order valence-electron chi connectivity index (χ3n) is 4.50. The Labute approximate surface area is 161 Å². The number of benzene rings is 3. The summed E-state index contributed by atoms with van der Waals surface area (Å²) in [5.74, 6) is -1.02. The van der Waals surface area contributed by atoms with E-state index >= 15 is 0 Å². The predicted octanol–water partition coefficient (Wildman–Crippen LogP) is 3.07. The highest BCUT2D eigenvalue weighted by molar-refractivity contribution is 6.54. The second kappa shape index (κ2) is 7.36. The van der Waals surface area contributed by atoms with Gasteiger partial charge in [0.2, 0.25) is 0 Å². The van der Waals surface area contributed by atoms with E-state index in [9.17, 15) is 14.7 Å². The maximum absolute atomic E-state index is 13.0. The third-order valence-corrected chi connectivity index (χ3v) is 4.50. The number of phenolic OH excluding ortho intramolecular Hbond substituents is 1. The molecule has 1 heterocycles. The minimum atomic E-state index is -0.586. The minimum Gasteiger partial charge on any atom is -0.507 e. The zero-order chi connectivity index (χ0) is 19.5. The van der Waals surface area contributed by atoms with Crippen molar-refractivity contribution in [3.8, 4) is 5.75 Å². The maximum Gasteiger partial charge on any atom is 0.279 e. The smallest absolute Gasteiger partial charge is 0.279 e. The lowest BCUT2D eigenvalue weighted by Gasteiger charge is -2.16. The molecule has 3 aromatic rings. The average molecular weight is 371 g/mol. The molecule has 1 aliphatic heterocycles. The number of rotatable bonds is 4. The Morgan fingerprint density at radius 3 is 2.39 bits per heavy atom. The quantitative estimate of drug-likeness (QED) is 0.692. The molecule has 0 saturated carbocycles. The van der Waals surface area contributed by atoms with E-state index in [2.05, 4.69) is 10.5 Å². The van der Waals surface area contributed by atoms with E-state index in [0.717, 1.165) is 11.3 Å². The molecule has 0 radical (unpaired) electrons. The van der Waals surface area contributed by atoms with E-state index in [4.69, 9.17) is 0 Å². The van der Waals surface area contributed by atoms with Gasteiger partial charge in [0.25, 0.3) is 11.8 Å². The van der Waals surface area contributed by atoms with Crippen LogP contribution in [-0.2, 0) is 11.3 Å². The molecule has 0 unspecified atom stereocenters. The number of nitrogens with zero attached hydrogens (tertiary/aromatic N) is 2. The summed E-state index contributed by atoms with van der Waals surface area (Å²) in [5, 5.41) is 13.9. The normalized spacial score (nSPS) is 14.2. The second-order valence-electron chi connectivity index (χ2n) is 6.31. The van der Waals surface area contributed by atoms with Crippen LogP contribution in [-0.4, -0.2) is 22.6 Å². The number of hydrogen-bond acceptors (Lipinski definition) is 4. The summed E-state index contributed by atoms with van der Waals surface area (Å²) < 4.78 is 0. The van der Waals surface area contributed by atoms with Crippen LogP contribution in [0.15, 0.2) is 84.0 Å². The standard InChI is InChI=1S/C22H17N3O3/c26-19-13-7-5-11-17(19)21(27)24-23-20-16-10-4-6-12-18(16)25(22(20)28)14-15-8-2-1-3-9-15/h1-13,26H,14H2,(H,24,27)/b23-20+. The molecule has 1 aliphatic rings. The number of aromatic hydroxyl groups is 1. The number of para-hydroxylation sites is 2. The van der Waals surface area contributed by atoms with Crippen molar-refractivity contribution in [2.75, 3.05) is 4.90 Å². The fraction of sp³-hybridized carbons (Fsp3) is 0.0455. The Balaban J connectivity index is 1.62. The molecule has 0 fully saturated rings. The molecule has 4 rings (SSSR count). The molecule has 6 heteroatoms. The van der Waals surface area contributed by atoms with Gasteiger partial charge in [0.15, 0.2) is 5.71 Å². The summed E-state index contributed by atoms with van der Waals surface area (Å²) >= 11 is 0. The van der Waals surface area contributed by atoms with Gasteiger partial charge in [0.1, 0.15) is 5.75 Å². The summed E-state index contributed by atoms with van der Waals surface area (Å²) in [4.78, 5) is 26.9. The number of anilines is 1. The van der Waals surface area contributed by atoms with Crippen molar-refractivity contribution in [2.24, 2.45) is 5.10 Å². The van der Waals surface area contributed by atoms with Crippen LogP contribution in [0.2, 0.25) is 0 Å². The average Bonchev–Trinajstić information content (AvgIpc) is 2.99. The number of hydrazone groups is 1. The summed E-state index contributed by atoms with van der Waals surface area (Å²) in [6, 6.07) is 23.1. The van der Waals surface area contributed by atoms with Crippen LogP contribution in [0.4, 0.5) is 5.69 Å². The first-order valence-electron chi connectivity index (χ1n) is 8.76. The highest BCUT2D eigenvalue weighted by Gasteiger charge is 2.34. The van der Waals surface area contributed by atoms with Gasteiger partial charge in [0.05, 0.1) is 17.8 Å². The van der Waals surface area contributed by atoms with Crippen molar-refractivity contribution in [1.29, 1.82) is 0 Å². The highest BCUT2D eigenvalue weighted by Crippen LogP contribution is 2.30. The van der Waals surface area contributed by atoms with Crippen molar-refractivity contribution in [3.63, 3.8) is 0 Å². The topological polar surface area (TPSA) is 82.0 Å². The number of nitrogens with one attached hydrogen (secondary N) is 1. The molecule has 2 N–H and O–H groups in total. The van der Waals surface area contributed by atoms with Crippen molar-refractivity contribution >= 4 is 23.2 Å².